The summed E-state index contributed by atoms with van der Waals surface area (Å²) in [5, 5.41) is 3.42. The molecule has 1 aliphatic carbocycles. The number of para-hydroxylation sites is 1. The molecule has 1 aliphatic rings. The molecule has 1 aromatic carbocycles. The molecule has 0 aliphatic heterocycles. The van der Waals surface area contributed by atoms with E-state index in [2.05, 4.69) is 43.4 Å². The molecule has 0 aromatic heterocycles. The number of hydrogen-bond acceptors (Lipinski definition) is 2. The fourth-order valence-corrected chi connectivity index (χ4v) is 2.56. The molecule has 2 nitrogen and oxygen atoms in total. The van der Waals surface area contributed by atoms with E-state index in [0.717, 1.165) is 12.5 Å². The third-order valence-corrected chi connectivity index (χ3v) is 3.76. The van der Waals surface area contributed by atoms with E-state index in [9.17, 15) is 0 Å². The summed E-state index contributed by atoms with van der Waals surface area (Å²) >= 11 is 0. The highest BCUT2D eigenvalue weighted by Gasteiger charge is 2.20. The topological polar surface area (TPSA) is 21.3 Å². The minimum Gasteiger partial charge on any atom is -0.382 e. The van der Waals surface area contributed by atoms with Gasteiger partial charge in [0.2, 0.25) is 0 Å². The molecule has 0 amide bonds. The predicted molar refractivity (Wildman–Crippen MR) is 76.9 cm³/mol. The molecule has 1 unspecified atom stereocenters. The van der Waals surface area contributed by atoms with E-state index in [1.807, 2.05) is 6.07 Å². The van der Waals surface area contributed by atoms with Crippen LogP contribution in [0.4, 0.5) is 5.69 Å². The first kappa shape index (κ1) is 13.4. The van der Waals surface area contributed by atoms with Crippen molar-refractivity contribution in [1.82, 2.24) is 0 Å². The second-order valence-electron chi connectivity index (χ2n) is 5.58. The molecule has 1 saturated carbocycles. The third-order valence-electron chi connectivity index (χ3n) is 3.76. The van der Waals surface area contributed by atoms with Crippen molar-refractivity contribution < 1.29 is 4.74 Å². The van der Waals surface area contributed by atoms with E-state index < -0.39 is 0 Å². The van der Waals surface area contributed by atoms with Crippen LogP contribution in [0, 0.1) is 5.92 Å². The highest BCUT2D eigenvalue weighted by molar-refractivity contribution is 5.42. The Labute approximate surface area is 111 Å². The zero-order valence-corrected chi connectivity index (χ0v) is 11.6. The number of rotatable bonds is 5. The largest absolute Gasteiger partial charge is 0.382 e. The van der Waals surface area contributed by atoms with Crippen LogP contribution in [0.1, 0.15) is 39.5 Å². The van der Waals surface area contributed by atoms with Crippen LogP contribution in [-0.4, -0.2) is 18.8 Å². The number of benzene rings is 1. The Morgan fingerprint density at radius 3 is 2.50 bits per heavy atom. The SMILES string of the molecule is CC1CCC(OC(C)CNc2ccccc2)CC1. The maximum Gasteiger partial charge on any atom is 0.0723 e. The highest BCUT2D eigenvalue weighted by Crippen LogP contribution is 2.26. The Hall–Kier alpha value is -1.02. The Morgan fingerprint density at radius 2 is 1.83 bits per heavy atom. The van der Waals surface area contributed by atoms with Crippen molar-refractivity contribution in [3.8, 4) is 0 Å². The van der Waals surface area contributed by atoms with E-state index >= 15 is 0 Å². The van der Waals surface area contributed by atoms with Crippen LogP contribution < -0.4 is 5.32 Å². The summed E-state index contributed by atoms with van der Waals surface area (Å²) in [6.45, 7) is 5.39. The normalized spacial score (nSPS) is 25.7. The van der Waals surface area contributed by atoms with Gasteiger partial charge in [0.15, 0.2) is 0 Å². The molecule has 2 heteroatoms. The van der Waals surface area contributed by atoms with E-state index in [1.165, 1.54) is 31.4 Å². The number of anilines is 1. The Bertz CT molecular complexity index is 330. The van der Waals surface area contributed by atoms with Crippen LogP contribution in [0.15, 0.2) is 30.3 Å². The summed E-state index contributed by atoms with van der Waals surface area (Å²) in [5.74, 6) is 0.891. The van der Waals surface area contributed by atoms with Gasteiger partial charge >= 0.3 is 0 Å². The monoisotopic (exact) mass is 247 g/mol. The van der Waals surface area contributed by atoms with Gasteiger partial charge < -0.3 is 10.1 Å². The molecule has 1 aromatic rings. The summed E-state index contributed by atoms with van der Waals surface area (Å²) < 4.78 is 6.10. The first-order valence-electron chi connectivity index (χ1n) is 7.18. The highest BCUT2D eigenvalue weighted by atomic mass is 16.5. The third kappa shape index (κ3) is 4.34. The van der Waals surface area contributed by atoms with Crippen LogP contribution in [-0.2, 0) is 4.74 Å². The molecule has 0 radical (unpaired) electrons. The standard InChI is InChI=1S/C16H25NO/c1-13-8-10-16(11-9-13)18-14(2)12-17-15-6-4-3-5-7-15/h3-7,13-14,16-17H,8-12H2,1-2H3. The van der Waals surface area contributed by atoms with Crippen molar-refractivity contribution in [2.24, 2.45) is 5.92 Å². The summed E-state index contributed by atoms with van der Waals surface area (Å²) in [6.07, 6.45) is 5.87. The van der Waals surface area contributed by atoms with Crippen LogP contribution in [0.2, 0.25) is 0 Å². The molecule has 0 bridgehead atoms. The minimum absolute atomic E-state index is 0.281. The lowest BCUT2D eigenvalue weighted by Gasteiger charge is -2.29. The lowest BCUT2D eigenvalue weighted by Crippen LogP contribution is -2.28. The van der Waals surface area contributed by atoms with Gasteiger partial charge in [-0.05, 0) is 50.7 Å². The molecular weight excluding hydrogens is 222 g/mol. The van der Waals surface area contributed by atoms with E-state index in [1.54, 1.807) is 0 Å². The Morgan fingerprint density at radius 1 is 1.17 bits per heavy atom. The van der Waals surface area contributed by atoms with Gasteiger partial charge in [-0.3, -0.25) is 0 Å². The van der Waals surface area contributed by atoms with Gasteiger partial charge in [-0.2, -0.15) is 0 Å². The zero-order valence-electron chi connectivity index (χ0n) is 11.6. The molecule has 18 heavy (non-hydrogen) atoms. The zero-order chi connectivity index (χ0) is 12.8. The molecule has 1 fully saturated rings. The summed E-state index contributed by atoms with van der Waals surface area (Å²) in [6, 6.07) is 10.3. The first-order valence-corrected chi connectivity index (χ1v) is 7.18. The number of ether oxygens (including phenoxy) is 1. The maximum atomic E-state index is 6.10. The van der Waals surface area contributed by atoms with Gasteiger partial charge in [0.1, 0.15) is 0 Å². The molecule has 0 saturated heterocycles. The van der Waals surface area contributed by atoms with Crippen LogP contribution in [0.3, 0.4) is 0 Å². The summed E-state index contributed by atoms with van der Waals surface area (Å²) in [4.78, 5) is 0. The van der Waals surface area contributed by atoms with Crippen molar-refractivity contribution in [2.45, 2.75) is 51.7 Å². The average molecular weight is 247 g/mol. The van der Waals surface area contributed by atoms with E-state index in [0.29, 0.717) is 6.10 Å². The fraction of sp³-hybridized carbons (Fsp3) is 0.625. The van der Waals surface area contributed by atoms with Crippen LogP contribution in [0.5, 0.6) is 0 Å². The van der Waals surface area contributed by atoms with E-state index in [-0.39, 0.29) is 6.10 Å². The van der Waals surface area contributed by atoms with Crippen molar-refractivity contribution in [3.05, 3.63) is 30.3 Å². The maximum absolute atomic E-state index is 6.10. The number of nitrogens with one attached hydrogen (secondary N) is 1. The summed E-state index contributed by atoms with van der Waals surface area (Å²) in [5.41, 5.74) is 1.17. The lowest BCUT2D eigenvalue weighted by molar-refractivity contribution is -0.0207. The van der Waals surface area contributed by atoms with E-state index in [4.69, 9.17) is 4.74 Å². The second kappa shape index (κ2) is 6.79. The molecule has 1 N–H and O–H groups in total. The molecule has 1 atom stereocenters. The van der Waals surface area contributed by atoms with Gasteiger partial charge in [-0.1, -0.05) is 25.1 Å². The van der Waals surface area contributed by atoms with Gasteiger partial charge in [-0.25, -0.2) is 0 Å². The van der Waals surface area contributed by atoms with Gasteiger partial charge in [0, 0.05) is 12.2 Å². The Balaban J connectivity index is 1.67. The van der Waals surface area contributed by atoms with Crippen molar-refractivity contribution >= 4 is 5.69 Å². The molecular formula is C16H25NO. The fourth-order valence-electron chi connectivity index (χ4n) is 2.56. The van der Waals surface area contributed by atoms with Crippen molar-refractivity contribution in [3.63, 3.8) is 0 Å². The molecule has 0 heterocycles. The molecule has 100 valence electrons. The number of hydrogen-bond donors (Lipinski definition) is 1. The molecule has 2 rings (SSSR count). The van der Waals surface area contributed by atoms with Gasteiger partial charge in [0.05, 0.1) is 12.2 Å². The first-order chi connectivity index (χ1) is 8.74. The quantitative estimate of drug-likeness (QED) is 0.846. The Kier molecular flexibility index (Phi) is 5.06. The average Bonchev–Trinajstić information content (AvgIpc) is 2.40. The lowest BCUT2D eigenvalue weighted by atomic mass is 9.89. The second-order valence-corrected chi connectivity index (χ2v) is 5.58. The van der Waals surface area contributed by atoms with Crippen molar-refractivity contribution in [1.29, 1.82) is 0 Å². The van der Waals surface area contributed by atoms with Gasteiger partial charge in [0.25, 0.3) is 0 Å². The van der Waals surface area contributed by atoms with Crippen LogP contribution in [0.25, 0.3) is 0 Å². The minimum atomic E-state index is 0.281. The van der Waals surface area contributed by atoms with Crippen molar-refractivity contribution in [2.75, 3.05) is 11.9 Å². The van der Waals surface area contributed by atoms with Crippen LogP contribution >= 0.6 is 0 Å². The molecule has 0 spiro atoms. The summed E-state index contributed by atoms with van der Waals surface area (Å²) in [7, 11) is 0. The smallest absolute Gasteiger partial charge is 0.0723 e. The van der Waals surface area contributed by atoms with Gasteiger partial charge in [-0.15, -0.1) is 0 Å². The predicted octanol–water partition coefficient (Wildman–Crippen LogP) is 4.08.